The maximum Gasteiger partial charge on any atom is 0.290 e. The molecule has 0 aliphatic heterocycles. The molecule has 1 N–H and O–H groups in total. The van der Waals surface area contributed by atoms with Crippen LogP contribution in [0.2, 0.25) is 0 Å². The van der Waals surface area contributed by atoms with Gasteiger partial charge in [0, 0.05) is 12.6 Å². The third-order valence-corrected chi connectivity index (χ3v) is 6.20. The monoisotopic (exact) mass is 434 g/mol. The van der Waals surface area contributed by atoms with Crippen LogP contribution in [0.5, 0.6) is 0 Å². The maximum atomic E-state index is 13.5. The van der Waals surface area contributed by atoms with Crippen LogP contribution >= 0.6 is 0 Å². The minimum absolute atomic E-state index is 0.130. The summed E-state index contributed by atoms with van der Waals surface area (Å²) < 4.78 is 11.0. The Hall–Kier alpha value is -3.28. The normalized spacial score (nSPS) is 15.3. The zero-order valence-electron chi connectivity index (χ0n) is 18.5. The van der Waals surface area contributed by atoms with E-state index < -0.39 is 6.04 Å². The summed E-state index contributed by atoms with van der Waals surface area (Å²) in [4.78, 5) is 28.5. The van der Waals surface area contributed by atoms with Gasteiger partial charge in [-0.1, -0.05) is 43.5 Å². The fraction of sp³-hybridized carbons (Fsp3) is 0.385. The molecule has 1 atom stereocenters. The van der Waals surface area contributed by atoms with Gasteiger partial charge in [0.1, 0.15) is 5.76 Å². The topological polar surface area (TPSA) is 75.7 Å². The lowest BCUT2D eigenvalue weighted by Gasteiger charge is -2.31. The van der Waals surface area contributed by atoms with Crippen molar-refractivity contribution in [3.63, 3.8) is 0 Å². The summed E-state index contributed by atoms with van der Waals surface area (Å²) in [6.45, 7) is 2.40. The summed E-state index contributed by atoms with van der Waals surface area (Å²) in [5.41, 5.74) is 2.29. The van der Waals surface area contributed by atoms with E-state index in [-0.39, 0.29) is 23.6 Å². The molecule has 0 spiro atoms. The molecule has 168 valence electrons. The fourth-order valence-corrected chi connectivity index (χ4v) is 4.42. The number of carbonyl (C=O) groups is 2. The first-order valence-electron chi connectivity index (χ1n) is 11.4. The highest BCUT2D eigenvalue weighted by molar-refractivity contribution is 5.95. The third kappa shape index (κ3) is 5.13. The number of hydrogen-bond acceptors (Lipinski definition) is 4. The second-order valence-corrected chi connectivity index (χ2v) is 8.41. The highest BCUT2D eigenvalue weighted by Crippen LogP contribution is 2.26. The molecule has 2 heterocycles. The van der Waals surface area contributed by atoms with E-state index in [1.54, 1.807) is 29.2 Å². The van der Waals surface area contributed by atoms with Crippen molar-refractivity contribution < 1.29 is 18.4 Å². The Morgan fingerprint density at radius 3 is 2.44 bits per heavy atom. The van der Waals surface area contributed by atoms with E-state index in [0.717, 1.165) is 36.8 Å². The molecule has 6 heteroatoms. The molecule has 1 aliphatic carbocycles. The Morgan fingerprint density at radius 1 is 1.00 bits per heavy atom. The molecule has 0 saturated heterocycles. The number of rotatable bonds is 8. The molecule has 3 aromatic rings. The van der Waals surface area contributed by atoms with E-state index in [1.165, 1.54) is 18.9 Å². The molecule has 1 aromatic carbocycles. The number of carbonyl (C=O) groups excluding carboxylic acids is 2. The SMILES string of the molecule is Cc1ccccc1CCN(C(=O)c1ccco1)[C@@H](C(=O)NC1CCCCC1)c1ccco1. The summed E-state index contributed by atoms with van der Waals surface area (Å²) in [5.74, 6) is 0.111. The van der Waals surface area contributed by atoms with E-state index in [9.17, 15) is 9.59 Å². The van der Waals surface area contributed by atoms with Crippen LogP contribution in [0.3, 0.4) is 0 Å². The molecule has 0 unspecified atom stereocenters. The van der Waals surface area contributed by atoms with Gasteiger partial charge in [0.05, 0.1) is 12.5 Å². The first-order chi connectivity index (χ1) is 15.6. The zero-order chi connectivity index (χ0) is 22.3. The van der Waals surface area contributed by atoms with Gasteiger partial charge in [0.25, 0.3) is 11.8 Å². The van der Waals surface area contributed by atoms with E-state index >= 15 is 0 Å². The van der Waals surface area contributed by atoms with Gasteiger partial charge in [0.15, 0.2) is 11.8 Å². The predicted octanol–water partition coefficient (Wildman–Crippen LogP) is 5.06. The van der Waals surface area contributed by atoms with Gasteiger partial charge in [0.2, 0.25) is 0 Å². The van der Waals surface area contributed by atoms with Crippen molar-refractivity contribution in [1.82, 2.24) is 10.2 Å². The van der Waals surface area contributed by atoms with Gasteiger partial charge in [-0.3, -0.25) is 9.59 Å². The summed E-state index contributed by atoms with van der Waals surface area (Å²) in [7, 11) is 0. The van der Waals surface area contributed by atoms with Gasteiger partial charge < -0.3 is 19.1 Å². The summed E-state index contributed by atoms with van der Waals surface area (Å²) in [6.07, 6.45) is 8.97. The predicted molar refractivity (Wildman–Crippen MR) is 121 cm³/mol. The van der Waals surface area contributed by atoms with Crippen LogP contribution in [0.15, 0.2) is 69.9 Å². The fourth-order valence-electron chi connectivity index (χ4n) is 4.42. The lowest BCUT2D eigenvalue weighted by molar-refractivity contribution is -0.127. The quantitative estimate of drug-likeness (QED) is 0.538. The number of aryl methyl sites for hydroxylation is 1. The maximum absolute atomic E-state index is 13.5. The van der Waals surface area contributed by atoms with Crippen molar-refractivity contribution in [2.45, 2.75) is 57.5 Å². The van der Waals surface area contributed by atoms with E-state index in [1.807, 2.05) is 25.1 Å². The van der Waals surface area contributed by atoms with Crippen molar-refractivity contribution in [3.05, 3.63) is 83.7 Å². The Morgan fingerprint density at radius 2 is 1.75 bits per heavy atom. The first kappa shape index (κ1) is 21.9. The Kier molecular flexibility index (Phi) is 7.10. The Balaban J connectivity index is 1.63. The largest absolute Gasteiger partial charge is 0.467 e. The molecule has 0 radical (unpaired) electrons. The molecule has 4 rings (SSSR count). The van der Waals surface area contributed by atoms with Crippen LogP contribution in [-0.4, -0.2) is 29.3 Å². The molecule has 0 bridgehead atoms. The van der Waals surface area contributed by atoms with E-state index in [2.05, 4.69) is 11.4 Å². The summed E-state index contributed by atoms with van der Waals surface area (Å²) in [6, 6.07) is 14.1. The van der Waals surface area contributed by atoms with E-state index in [0.29, 0.717) is 18.7 Å². The van der Waals surface area contributed by atoms with Crippen molar-refractivity contribution in [1.29, 1.82) is 0 Å². The van der Waals surface area contributed by atoms with Gasteiger partial charge in [-0.15, -0.1) is 0 Å². The van der Waals surface area contributed by atoms with Gasteiger partial charge in [-0.05, 0) is 61.6 Å². The standard InChI is InChI=1S/C26H30N2O4/c1-19-9-5-6-10-20(19)15-16-28(26(30)23-14-8-18-32-23)24(22-13-7-17-31-22)25(29)27-21-11-3-2-4-12-21/h5-10,13-14,17-18,21,24H,2-4,11-12,15-16H2,1H3,(H,27,29)/t24-/m1/s1. The molecule has 2 aromatic heterocycles. The molecular weight excluding hydrogens is 404 g/mol. The Bertz CT molecular complexity index is 1000. The Labute approximate surface area is 188 Å². The van der Waals surface area contributed by atoms with Crippen molar-refractivity contribution in [3.8, 4) is 0 Å². The molecule has 32 heavy (non-hydrogen) atoms. The number of furan rings is 2. The summed E-state index contributed by atoms with van der Waals surface area (Å²) in [5, 5.41) is 3.17. The molecule has 2 amide bonds. The lowest BCUT2D eigenvalue weighted by Crippen LogP contribution is -2.47. The van der Waals surface area contributed by atoms with Crippen LogP contribution in [0.4, 0.5) is 0 Å². The highest BCUT2D eigenvalue weighted by Gasteiger charge is 2.36. The first-order valence-corrected chi connectivity index (χ1v) is 11.4. The number of benzene rings is 1. The number of nitrogens with one attached hydrogen (secondary N) is 1. The second-order valence-electron chi connectivity index (χ2n) is 8.41. The minimum atomic E-state index is -0.867. The van der Waals surface area contributed by atoms with Gasteiger partial charge in [-0.25, -0.2) is 0 Å². The van der Waals surface area contributed by atoms with Gasteiger partial charge >= 0.3 is 0 Å². The van der Waals surface area contributed by atoms with Crippen LogP contribution in [0, 0.1) is 6.92 Å². The molecule has 1 aliphatic rings. The van der Waals surface area contributed by atoms with E-state index in [4.69, 9.17) is 8.83 Å². The number of nitrogens with zero attached hydrogens (tertiary/aromatic N) is 1. The van der Waals surface area contributed by atoms with Crippen molar-refractivity contribution >= 4 is 11.8 Å². The van der Waals surface area contributed by atoms with Crippen molar-refractivity contribution in [2.24, 2.45) is 0 Å². The van der Waals surface area contributed by atoms with Crippen LogP contribution in [-0.2, 0) is 11.2 Å². The molecule has 1 saturated carbocycles. The average Bonchev–Trinajstić information content (AvgIpc) is 3.52. The molecular formula is C26H30N2O4. The average molecular weight is 435 g/mol. The summed E-state index contributed by atoms with van der Waals surface area (Å²) >= 11 is 0. The van der Waals surface area contributed by atoms with Gasteiger partial charge in [-0.2, -0.15) is 0 Å². The zero-order valence-corrected chi connectivity index (χ0v) is 18.5. The highest BCUT2D eigenvalue weighted by atomic mass is 16.3. The molecule has 1 fully saturated rings. The lowest BCUT2D eigenvalue weighted by atomic mass is 9.95. The van der Waals surface area contributed by atoms with Crippen LogP contribution in [0.25, 0.3) is 0 Å². The van der Waals surface area contributed by atoms with Crippen LogP contribution in [0.1, 0.15) is 65.6 Å². The third-order valence-electron chi connectivity index (χ3n) is 6.20. The second kappa shape index (κ2) is 10.4. The number of hydrogen-bond donors (Lipinski definition) is 1. The number of amides is 2. The molecule has 6 nitrogen and oxygen atoms in total. The smallest absolute Gasteiger partial charge is 0.290 e. The van der Waals surface area contributed by atoms with Crippen LogP contribution < -0.4 is 5.32 Å². The minimum Gasteiger partial charge on any atom is -0.467 e. The van der Waals surface area contributed by atoms with Crippen molar-refractivity contribution in [2.75, 3.05) is 6.54 Å².